The number of carbonyl (C=O) groups excluding carboxylic acids is 3. The van der Waals surface area contributed by atoms with Crippen molar-refractivity contribution in [1.29, 1.82) is 0 Å². The minimum absolute atomic E-state index is 0.0840. The van der Waals surface area contributed by atoms with Crippen LogP contribution in [0.25, 0.3) is 0 Å². The van der Waals surface area contributed by atoms with Crippen LogP contribution in [0.2, 0.25) is 0 Å². The summed E-state index contributed by atoms with van der Waals surface area (Å²) < 4.78 is 5.00. The van der Waals surface area contributed by atoms with Crippen LogP contribution in [0, 0.1) is 0 Å². The number of nitrogens with one attached hydrogen (secondary N) is 1. The second kappa shape index (κ2) is 10.1. The highest BCUT2D eigenvalue weighted by molar-refractivity contribution is 6.02. The van der Waals surface area contributed by atoms with Gasteiger partial charge in [-0.1, -0.05) is 42.5 Å². The second-order valence-electron chi connectivity index (χ2n) is 5.99. The number of rotatable bonds is 8. The summed E-state index contributed by atoms with van der Waals surface area (Å²) in [6.07, 6.45) is 0.660. The number of esters is 1. The Bertz CT molecular complexity index is 790. The van der Waals surface area contributed by atoms with Gasteiger partial charge in [-0.05, 0) is 31.0 Å². The van der Waals surface area contributed by atoms with Crippen LogP contribution in [-0.4, -0.2) is 42.4 Å². The Morgan fingerprint density at radius 1 is 1.00 bits per heavy atom. The molecule has 2 amide bonds. The fourth-order valence-corrected chi connectivity index (χ4v) is 2.60. The molecular formula is C21H24N2O4. The molecule has 0 aliphatic rings. The Hall–Kier alpha value is -3.15. The van der Waals surface area contributed by atoms with E-state index >= 15 is 0 Å². The average molecular weight is 368 g/mol. The van der Waals surface area contributed by atoms with Crippen molar-refractivity contribution in [3.63, 3.8) is 0 Å². The van der Waals surface area contributed by atoms with Crippen LogP contribution in [0.3, 0.4) is 0 Å². The molecule has 0 saturated carbocycles. The molecular weight excluding hydrogens is 344 g/mol. The van der Waals surface area contributed by atoms with Gasteiger partial charge in [0.15, 0.2) is 0 Å². The van der Waals surface area contributed by atoms with E-state index in [0.29, 0.717) is 18.7 Å². The van der Waals surface area contributed by atoms with Crippen LogP contribution in [0.4, 0.5) is 5.69 Å². The molecule has 0 heterocycles. The van der Waals surface area contributed by atoms with E-state index in [-0.39, 0.29) is 30.5 Å². The number of hydrogen-bond acceptors (Lipinski definition) is 4. The quantitative estimate of drug-likeness (QED) is 0.727. The minimum atomic E-state index is -0.499. The maximum absolute atomic E-state index is 12.4. The highest BCUT2D eigenvalue weighted by atomic mass is 16.5. The van der Waals surface area contributed by atoms with Crippen LogP contribution in [-0.2, 0) is 20.7 Å². The molecule has 142 valence electrons. The third kappa shape index (κ3) is 6.26. The number of amides is 2. The van der Waals surface area contributed by atoms with Crippen molar-refractivity contribution in [2.45, 2.75) is 20.3 Å². The molecule has 0 saturated heterocycles. The summed E-state index contributed by atoms with van der Waals surface area (Å²) in [5.74, 6) is -1.05. The van der Waals surface area contributed by atoms with Gasteiger partial charge in [-0.3, -0.25) is 9.59 Å². The van der Waals surface area contributed by atoms with E-state index in [0.717, 1.165) is 5.56 Å². The topological polar surface area (TPSA) is 75.7 Å². The largest absolute Gasteiger partial charge is 0.462 e. The third-order valence-corrected chi connectivity index (χ3v) is 3.99. The van der Waals surface area contributed by atoms with Crippen molar-refractivity contribution in [2.24, 2.45) is 0 Å². The van der Waals surface area contributed by atoms with E-state index in [4.69, 9.17) is 4.74 Å². The molecule has 6 heteroatoms. The van der Waals surface area contributed by atoms with Gasteiger partial charge in [0.05, 0.1) is 24.4 Å². The first-order chi connectivity index (χ1) is 13.0. The first-order valence-electron chi connectivity index (χ1n) is 8.86. The van der Waals surface area contributed by atoms with E-state index < -0.39 is 5.97 Å². The standard InChI is InChI=1S/C21H24N2O4/c1-3-27-21(26)18-11-7-8-12-19(18)22-20(25)15-23(16(2)24)14-13-17-9-5-4-6-10-17/h4-12H,3,13-15H2,1-2H3,(H,22,25). The van der Waals surface area contributed by atoms with E-state index in [9.17, 15) is 14.4 Å². The Labute approximate surface area is 159 Å². The Kier molecular flexibility index (Phi) is 7.55. The van der Waals surface area contributed by atoms with Crippen LogP contribution in [0.15, 0.2) is 54.6 Å². The minimum Gasteiger partial charge on any atom is -0.462 e. The average Bonchev–Trinajstić information content (AvgIpc) is 2.66. The summed E-state index contributed by atoms with van der Waals surface area (Å²) in [4.78, 5) is 37.8. The van der Waals surface area contributed by atoms with Crippen molar-refractivity contribution in [3.05, 3.63) is 65.7 Å². The molecule has 0 radical (unpaired) electrons. The number of nitrogens with zero attached hydrogens (tertiary/aromatic N) is 1. The van der Waals surface area contributed by atoms with Crippen molar-refractivity contribution in [1.82, 2.24) is 4.90 Å². The molecule has 0 aliphatic carbocycles. The number of benzene rings is 2. The van der Waals surface area contributed by atoms with Gasteiger partial charge in [0.1, 0.15) is 0 Å². The summed E-state index contributed by atoms with van der Waals surface area (Å²) >= 11 is 0. The summed E-state index contributed by atoms with van der Waals surface area (Å²) in [7, 11) is 0. The SMILES string of the molecule is CCOC(=O)c1ccccc1NC(=O)CN(CCc1ccccc1)C(C)=O. The fourth-order valence-electron chi connectivity index (χ4n) is 2.60. The fraction of sp³-hybridized carbons (Fsp3) is 0.286. The highest BCUT2D eigenvalue weighted by Crippen LogP contribution is 2.16. The number of hydrogen-bond donors (Lipinski definition) is 1. The van der Waals surface area contributed by atoms with E-state index in [2.05, 4.69) is 5.32 Å². The van der Waals surface area contributed by atoms with Crippen LogP contribution in [0.1, 0.15) is 29.8 Å². The number of carbonyl (C=O) groups is 3. The lowest BCUT2D eigenvalue weighted by Gasteiger charge is -2.21. The summed E-state index contributed by atoms with van der Waals surface area (Å²) in [5, 5.41) is 2.70. The van der Waals surface area contributed by atoms with E-state index in [1.54, 1.807) is 31.2 Å². The molecule has 27 heavy (non-hydrogen) atoms. The maximum Gasteiger partial charge on any atom is 0.340 e. The maximum atomic E-state index is 12.4. The molecule has 0 aromatic heterocycles. The van der Waals surface area contributed by atoms with Gasteiger partial charge in [0.2, 0.25) is 11.8 Å². The number of anilines is 1. The number of ether oxygens (including phenoxy) is 1. The Balaban J connectivity index is 2.00. The molecule has 6 nitrogen and oxygen atoms in total. The Morgan fingerprint density at radius 2 is 1.67 bits per heavy atom. The van der Waals surface area contributed by atoms with Gasteiger partial charge in [0, 0.05) is 13.5 Å². The highest BCUT2D eigenvalue weighted by Gasteiger charge is 2.17. The normalized spacial score (nSPS) is 10.1. The van der Waals surface area contributed by atoms with Crippen molar-refractivity contribution < 1.29 is 19.1 Å². The molecule has 2 rings (SSSR count). The lowest BCUT2D eigenvalue weighted by Crippen LogP contribution is -2.38. The third-order valence-electron chi connectivity index (χ3n) is 3.99. The summed E-state index contributed by atoms with van der Waals surface area (Å²) in [6, 6.07) is 16.4. The van der Waals surface area contributed by atoms with E-state index in [1.807, 2.05) is 30.3 Å². The smallest absolute Gasteiger partial charge is 0.340 e. The van der Waals surface area contributed by atoms with E-state index in [1.165, 1.54) is 11.8 Å². The zero-order chi connectivity index (χ0) is 19.6. The Morgan fingerprint density at radius 3 is 2.33 bits per heavy atom. The van der Waals surface area contributed by atoms with Gasteiger partial charge < -0.3 is 15.0 Å². The molecule has 1 N–H and O–H groups in total. The summed E-state index contributed by atoms with van der Waals surface area (Å²) in [5.41, 5.74) is 1.75. The predicted octanol–water partition coefficient (Wildman–Crippen LogP) is 2.89. The van der Waals surface area contributed by atoms with Gasteiger partial charge in [0.25, 0.3) is 0 Å². The molecule has 0 atom stereocenters. The molecule has 2 aromatic carbocycles. The lowest BCUT2D eigenvalue weighted by molar-refractivity contribution is -0.132. The predicted molar refractivity (Wildman–Crippen MR) is 103 cm³/mol. The second-order valence-corrected chi connectivity index (χ2v) is 5.99. The zero-order valence-corrected chi connectivity index (χ0v) is 15.6. The molecule has 0 spiro atoms. The van der Waals surface area contributed by atoms with Crippen LogP contribution < -0.4 is 5.32 Å². The molecule has 2 aromatic rings. The van der Waals surface area contributed by atoms with Crippen molar-refractivity contribution >= 4 is 23.5 Å². The van der Waals surface area contributed by atoms with Gasteiger partial charge in [-0.25, -0.2) is 4.79 Å². The molecule has 0 aliphatic heterocycles. The number of para-hydroxylation sites is 1. The van der Waals surface area contributed by atoms with Gasteiger partial charge >= 0.3 is 5.97 Å². The van der Waals surface area contributed by atoms with Crippen molar-refractivity contribution in [3.8, 4) is 0 Å². The van der Waals surface area contributed by atoms with Crippen molar-refractivity contribution in [2.75, 3.05) is 25.0 Å². The summed E-state index contributed by atoms with van der Waals surface area (Å²) in [6.45, 7) is 3.76. The van der Waals surface area contributed by atoms with Crippen LogP contribution >= 0.6 is 0 Å². The van der Waals surface area contributed by atoms with Gasteiger partial charge in [-0.2, -0.15) is 0 Å². The first kappa shape index (κ1) is 20.2. The first-order valence-corrected chi connectivity index (χ1v) is 8.86. The monoisotopic (exact) mass is 368 g/mol. The van der Waals surface area contributed by atoms with Crippen LogP contribution in [0.5, 0.6) is 0 Å². The van der Waals surface area contributed by atoms with Gasteiger partial charge in [-0.15, -0.1) is 0 Å². The molecule has 0 bridgehead atoms. The molecule has 0 fully saturated rings. The zero-order valence-electron chi connectivity index (χ0n) is 15.6. The lowest BCUT2D eigenvalue weighted by atomic mass is 10.1. The molecule has 0 unspecified atom stereocenters.